The molecule has 1 fully saturated rings. The van der Waals surface area contributed by atoms with Gasteiger partial charge in [-0.05, 0) is 17.9 Å². The topological polar surface area (TPSA) is 67.8 Å². The van der Waals surface area contributed by atoms with Crippen molar-refractivity contribution in [3.05, 3.63) is 16.8 Å². The largest absolute Gasteiger partial charge is 0.483 e. The normalized spacial score (nSPS) is 23.6. The van der Waals surface area contributed by atoms with Crippen molar-refractivity contribution < 1.29 is 19.4 Å². The number of carbonyl (C=O) groups excluding carboxylic acids is 1. The van der Waals surface area contributed by atoms with Crippen LogP contribution in [0.2, 0.25) is 0 Å². The third-order valence-corrected chi connectivity index (χ3v) is 3.34. The molecular formula is C11H15NO4S. The molecular weight excluding hydrogens is 242 g/mol. The van der Waals surface area contributed by atoms with Gasteiger partial charge in [-0.25, -0.2) is 0 Å². The lowest BCUT2D eigenvalue weighted by Crippen LogP contribution is -2.53. The van der Waals surface area contributed by atoms with Gasteiger partial charge in [0, 0.05) is 12.0 Å². The van der Waals surface area contributed by atoms with Gasteiger partial charge in [0.25, 0.3) is 5.91 Å². The van der Waals surface area contributed by atoms with E-state index in [1.165, 1.54) is 11.3 Å². The van der Waals surface area contributed by atoms with Crippen LogP contribution < -0.4 is 10.1 Å². The average Bonchev–Trinajstić information content (AvgIpc) is 2.98. The maximum absolute atomic E-state index is 11.7. The van der Waals surface area contributed by atoms with Crippen LogP contribution >= 0.6 is 11.3 Å². The second kappa shape index (κ2) is 5.48. The molecule has 2 heterocycles. The molecule has 1 saturated heterocycles. The summed E-state index contributed by atoms with van der Waals surface area (Å²) in [5.41, 5.74) is -0.630. The Bertz CT molecular complexity index is 360. The van der Waals surface area contributed by atoms with Gasteiger partial charge in [0.05, 0.1) is 18.8 Å². The standard InChI is InChI=1S/C11H15NO4S/c13-7-11(2-3-15-8-11)12-10(14)5-16-9-1-4-17-6-9/h1,4,6,13H,2-3,5,7-8H2,(H,12,14). The molecule has 17 heavy (non-hydrogen) atoms. The first-order valence-corrected chi connectivity index (χ1v) is 6.33. The molecule has 0 bridgehead atoms. The third-order valence-electron chi connectivity index (χ3n) is 2.68. The molecule has 0 radical (unpaired) electrons. The summed E-state index contributed by atoms with van der Waals surface area (Å²) >= 11 is 1.51. The lowest BCUT2D eigenvalue weighted by atomic mass is 10.0. The number of ether oxygens (including phenoxy) is 2. The highest BCUT2D eigenvalue weighted by Gasteiger charge is 2.35. The van der Waals surface area contributed by atoms with Crippen LogP contribution in [0.1, 0.15) is 6.42 Å². The second-order valence-corrected chi connectivity index (χ2v) is 4.82. The van der Waals surface area contributed by atoms with Gasteiger partial charge in [-0.2, -0.15) is 0 Å². The molecule has 2 rings (SSSR count). The molecule has 94 valence electrons. The Morgan fingerprint density at radius 2 is 2.59 bits per heavy atom. The van der Waals surface area contributed by atoms with Gasteiger partial charge in [-0.1, -0.05) is 0 Å². The first-order chi connectivity index (χ1) is 8.24. The number of carbonyl (C=O) groups is 1. The summed E-state index contributed by atoms with van der Waals surface area (Å²) in [6.07, 6.45) is 0.633. The first-order valence-electron chi connectivity index (χ1n) is 5.39. The van der Waals surface area contributed by atoms with E-state index in [2.05, 4.69) is 5.32 Å². The molecule has 1 amide bonds. The van der Waals surface area contributed by atoms with E-state index in [1.807, 2.05) is 10.8 Å². The molecule has 0 aliphatic carbocycles. The maximum atomic E-state index is 11.7. The predicted molar refractivity (Wildman–Crippen MR) is 63.2 cm³/mol. The van der Waals surface area contributed by atoms with Crippen LogP contribution in [0, 0.1) is 0 Å². The monoisotopic (exact) mass is 257 g/mol. The number of aliphatic hydroxyl groups excluding tert-OH is 1. The Kier molecular flexibility index (Phi) is 3.98. The van der Waals surface area contributed by atoms with E-state index in [1.54, 1.807) is 6.07 Å². The molecule has 1 aliphatic rings. The minimum absolute atomic E-state index is 0.0432. The summed E-state index contributed by atoms with van der Waals surface area (Å²) in [7, 11) is 0. The Labute approximate surface area is 103 Å². The van der Waals surface area contributed by atoms with Gasteiger partial charge in [-0.15, -0.1) is 11.3 Å². The smallest absolute Gasteiger partial charge is 0.258 e. The molecule has 1 aromatic heterocycles. The summed E-state index contributed by atoms with van der Waals surface area (Å²) in [5, 5.41) is 15.8. The minimum atomic E-state index is -0.630. The highest BCUT2D eigenvalue weighted by atomic mass is 32.1. The van der Waals surface area contributed by atoms with Crippen LogP contribution in [-0.4, -0.2) is 43.0 Å². The number of hydrogen-bond acceptors (Lipinski definition) is 5. The molecule has 6 heteroatoms. The van der Waals surface area contributed by atoms with Crippen molar-refractivity contribution in [2.75, 3.05) is 26.4 Å². The van der Waals surface area contributed by atoms with Crippen molar-refractivity contribution in [1.29, 1.82) is 0 Å². The lowest BCUT2D eigenvalue weighted by molar-refractivity contribution is -0.125. The Morgan fingerprint density at radius 1 is 1.71 bits per heavy atom. The molecule has 2 N–H and O–H groups in total. The van der Waals surface area contributed by atoms with E-state index < -0.39 is 5.54 Å². The predicted octanol–water partition coefficient (Wildman–Crippen LogP) is 0.394. The number of amides is 1. The molecule has 1 atom stereocenters. The fourth-order valence-corrected chi connectivity index (χ4v) is 2.26. The zero-order valence-electron chi connectivity index (χ0n) is 9.35. The summed E-state index contributed by atoms with van der Waals surface area (Å²) in [6.45, 7) is 0.760. The highest BCUT2D eigenvalue weighted by Crippen LogP contribution is 2.18. The molecule has 0 aromatic carbocycles. The van der Waals surface area contributed by atoms with Crippen molar-refractivity contribution in [1.82, 2.24) is 5.32 Å². The van der Waals surface area contributed by atoms with Crippen LogP contribution in [0.5, 0.6) is 5.75 Å². The SMILES string of the molecule is O=C(COc1ccsc1)NC1(CO)CCOC1. The van der Waals surface area contributed by atoms with Gasteiger partial charge in [0.15, 0.2) is 6.61 Å². The van der Waals surface area contributed by atoms with Crippen molar-refractivity contribution >= 4 is 17.2 Å². The molecule has 5 nitrogen and oxygen atoms in total. The molecule has 0 spiro atoms. The van der Waals surface area contributed by atoms with Crippen molar-refractivity contribution in [3.63, 3.8) is 0 Å². The van der Waals surface area contributed by atoms with Crippen LogP contribution in [0.4, 0.5) is 0 Å². The number of thiophene rings is 1. The average molecular weight is 257 g/mol. The zero-order valence-corrected chi connectivity index (χ0v) is 10.2. The number of hydrogen-bond donors (Lipinski definition) is 2. The van der Waals surface area contributed by atoms with Crippen LogP contribution in [0.25, 0.3) is 0 Å². The van der Waals surface area contributed by atoms with Gasteiger partial charge >= 0.3 is 0 Å². The van der Waals surface area contributed by atoms with Gasteiger partial charge in [0.1, 0.15) is 5.75 Å². The summed E-state index contributed by atoms with van der Waals surface area (Å²) in [6, 6.07) is 1.80. The lowest BCUT2D eigenvalue weighted by Gasteiger charge is -2.26. The van der Waals surface area contributed by atoms with Crippen LogP contribution in [-0.2, 0) is 9.53 Å². The summed E-state index contributed by atoms with van der Waals surface area (Å²) in [5.74, 6) is 0.446. The molecule has 1 unspecified atom stereocenters. The van der Waals surface area contributed by atoms with Crippen molar-refractivity contribution in [2.24, 2.45) is 0 Å². The Morgan fingerprint density at radius 3 is 3.18 bits per heavy atom. The summed E-state index contributed by atoms with van der Waals surface area (Å²) in [4.78, 5) is 11.7. The number of nitrogens with one attached hydrogen (secondary N) is 1. The third kappa shape index (κ3) is 3.18. The highest BCUT2D eigenvalue weighted by molar-refractivity contribution is 7.08. The van der Waals surface area contributed by atoms with Crippen LogP contribution in [0.3, 0.4) is 0 Å². The molecule has 0 saturated carbocycles. The fourth-order valence-electron chi connectivity index (χ4n) is 1.68. The number of rotatable bonds is 5. The van der Waals surface area contributed by atoms with E-state index in [-0.39, 0.29) is 19.1 Å². The van der Waals surface area contributed by atoms with Crippen molar-refractivity contribution in [2.45, 2.75) is 12.0 Å². The van der Waals surface area contributed by atoms with E-state index in [0.29, 0.717) is 25.4 Å². The van der Waals surface area contributed by atoms with E-state index in [0.717, 1.165) is 0 Å². The Balaban J connectivity index is 1.80. The molecule has 1 aliphatic heterocycles. The van der Waals surface area contributed by atoms with Gasteiger partial charge in [0.2, 0.25) is 0 Å². The van der Waals surface area contributed by atoms with Gasteiger partial charge in [-0.3, -0.25) is 4.79 Å². The summed E-state index contributed by atoms with van der Waals surface area (Å²) < 4.78 is 10.5. The van der Waals surface area contributed by atoms with E-state index in [4.69, 9.17) is 9.47 Å². The molecule has 1 aromatic rings. The van der Waals surface area contributed by atoms with Crippen molar-refractivity contribution in [3.8, 4) is 5.75 Å². The number of aliphatic hydroxyl groups is 1. The Hall–Kier alpha value is -1.11. The quantitative estimate of drug-likeness (QED) is 0.801. The zero-order chi connectivity index (χ0) is 12.1. The van der Waals surface area contributed by atoms with E-state index in [9.17, 15) is 9.90 Å². The second-order valence-electron chi connectivity index (χ2n) is 4.04. The van der Waals surface area contributed by atoms with Gasteiger partial charge < -0.3 is 19.9 Å². The van der Waals surface area contributed by atoms with Crippen LogP contribution in [0.15, 0.2) is 16.8 Å². The van der Waals surface area contributed by atoms with E-state index >= 15 is 0 Å². The fraction of sp³-hybridized carbons (Fsp3) is 0.545. The first kappa shape index (κ1) is 12.3. The maximum Gasteiger partial charge on any atom is 0.258 e. The minimum Gasteiger partial charge on any atom is -0.483 e.